The average molecular weight is 387 g/mol. The van der Waals surface area contributed by atoms with Gasteiger partial charge >= 0.3 is 0 Å². The summed E-state index contributed by atoms with van der Waals surface area (Å²) in [6.45, 7) is 0.329. The lowest BCUT2D eigenvalue weighted by Crippen LogP contribution is -2.34. The van der Waals surface area contributed by atoms with Gasteiger partial charge in [0.15, 0.2) is 0 Å². The minimum Gasteiger partial charge on any atom is -0.349 e. The Morgan fingerprint density at radius 1 is 1.22 bits per heavy atom. The molecule has 7 heteroatoms. The van der Waals surface area contributed by atoms with E-state index < -0.39 is 0 Å². The quantitative estimate of drug-likeness (QED) is 0.675. The van der Waals surface area contributed by atoms with Gasteiger partial charge in [0.2, 0.25) is 0 Å². The van der Waals surface area contributed by atoms with Gasteiger partial charge in [-0.25, -0.2) is 4.39 Å². The Hall–Kier alpha value is -2.70. The third-order valence-corrected chi connectivity index (χ3v) is 4.61. The molecule has 1 atom stereocenters. The molecule has 0 bridgehead atoms. The van der Waals surface area contributed by atoms with Crippen molar-refractivity contribution in [3.05, 3.63) is 76.7 Å². The van der Waals surface area contributed by atoms with E-state index in [2.05, 4.69) is 15.5 Å². The van der Waals surface area contributed by atoms with Crippen molar-refractivity contribution in [1.29, 1.82) is 0 Å². The van der Waals surface area contributed by atoms with E-state index in [1.807, 2.05) is 43.3 Å². The number of halogens is 2. The van der Waals surface area contributed by atoms with Crippen LogP contribution in [-0.2, 0) is 0 Å². The number of rotatable bonds is 6. The number of H-pyrrole nitrogens is 1. The predicted molar refractivity (Wildman–Crippen MR) is 104 cm³/mol. The van der Waals surface area contributed by atoms with E-state index in [0.29, 0.717) is 23.0 Å². The van der Waals surface area contributed by atoms with Crippen molar-refractivity contribution < 1.29 is 9.18 Å². The third-order valence-electron chi connectivity index (χ3n) is 4.29. The highest BCUT2D eigenvalue weighted by molar-refractivity contribution is 6.33. The van der Waals surface area contributed by atoms with E-state index in [4.69, 9.17) is 11.6 Å². The van der Waals surface area contributed by atoms with Crippen LogP contribution in [0.2, 0.25) is 5.02 Å². The maximum atomic E-state index is 13.5. The molecule has 2 aromatic carbocycles. The molecule has 0 aliphatic carbocycles. The number of amides is 1. The Kier molecular flexibility index (Phi) is 5.88. The van der Waals surface area contributed by atoms with Gasteiger partial charge in [0.25, 0.3) is 5.91 Å². The number of nitrogens with one attached hydrogen (secondary N) is 2. The molecule has 140 valence electrons. The molecule has 1 amide bonds. The van der Waals surface area contributed by atoms with E-state index >= 15 is 0 Å². The monoisotopic (exact) mass is 386 g/mol. The van der Waals surface area contributed by atoms with E-state index in [1.54, 1.807) is 18.2 Å². The van der Waals surface area contributed by atoms with Crippen LogP contribution in [0.3, 0.4) is 0 Å². The van der Waals surface area contributed by atoms with Crippen LogP contribution in [0.25, 0.3) is 11.3 Å². The van der Waals surface area contributed by atoms with Gasteiger partial charge in [-0.15, -0.1) is 0 Å². The fourth-order valence-electron chi connectivity index (χ4n) is 2.84. The average Bonchev–Trinajstić information content (AvgIpc) is 3.12. The van der Waals surface area contributed by atoms with Crippen LogP contribution in [0.4, 0.5) is 4.39 Å². The summed E-state index contributed by atoms with van der Waals surface area (Å²) >= 11 is 6.18. The Morgan fingerprint density at radius 2 is 2.00 bits per heavy atom. The molecule has 5 nitrogen and oxygen atoms in total. The molecule has 1 heterocycles. The molecular weight excluding hydrogens is 367 g/mol. The topological polar surface area (TPSA) is 61.0 Å². The maximum Gasteiger partial charge on any atom is 0.269 e. The Bertz CT molecular complexity index is 941. The molecule has 1 unspecified atom stereocenters. The van der Waals surface area contributed by atoms with Crippen molar-refractivity contribution in [2.45, 2.75) is 6.04 Å². The van der Waals surface area contributed by atoms with Crippen molar-refractivity contribution in [2.75, 3.05) is 20.6 Å². The summed E-state index contributed by atoms with van der Waals surface area (Å²) in [5, 5.41) is 10.3. The standard InChI is InChI=1S/C20H20ClFN4O/c1-26(2)19(13-6-5-7-14(22)10-13)12-23-20(27)18-11-17(24-25-18)15-8-3-4-9-16(15)21/h3-11,19H,12H2,1-2H3,(H,23,27)(H,24,25). The highest BCUT2D eigenvalue weighted by Crippen LogP contribution is 2.26. The summed E-state index contributed by atoms with van der Waals surface area (Å²) in [6.07, 6.45) is 0. The number of carbonyl (C=O) groups is 1. The minimum atomic E-state index is -0.302. The Morgan fingerprint density at radius 3 is 2.70 bits per heavy atom. The number of aromatic amines is 1. The number of hydrogen-bond donors (Lipinski definition) is 2. The molecule has 0 radical (unpaired) electrons. The second-order valence-electron chi connectivity index (χ2n) is 6.39. The van der Waals surface area contributed by atoms with Gasteiger partial charge in [0.05, 0.1) is 16.8 Å². The molecular formula is C20H20ClFN4O. The molecule has 0 aliphatic rings. The van der Waals surface area contributed by atoms with Crippen LogP contribution in [0, 0.1) is 5.82 Å². The number of benzene rings is 2. The lowest BCUT2D eigenvalue weighted by molar-refractivity contribution is 0.0937. The first kappa shape index (κ1) is 19.1. The lowest BCUT2D eigenvalue weighted by Gasteiger charge is -2.25. The van der Waals surface area contributed by atoms with E-state index in [-0.39, 0.29) is 17.8 Å². The van der Waals surface area contributed by atoms with Crippen LogP contribution in [0.1, 0.15) is 22.1 Å². The molecule has 0 saturated heterocycles. The first-order valence-corrected chi connectivity index (χ1v) is 8.84. The normalized spacial score (nSPS) is 12.2. The molecule has 27 heavy (non-hydrogen) atoms. The van der Waals surface area contributed by atoms with Crippen LogP contribution in [0.5, 0.6) is 0 Å². The van der Waals surface area contributed by atoms with Crippen molar-refractivity contribution in [2.24, 2.45) is 0 Å². The van der Waals surface area contributed by atoms with Gasteiger partial charge in [-0.3, -0.25) is 9.89 Å². The lowest BCUT2D eigenvalue weighted by atomic mass is 10.1. The first-order valence-electron chi connectivity index (χ1n) is 8.46. The predicted octanol–water partition coefficient (Wildman–Crippen LogP) is 3.90. The zero-order valence-electron chi connectivity index (χ0n) is 15.0. The van der Waals surface area contributed by atoms with Gasteiger partial charge < -0.3 is 10.2 Å². The number of aromatic nitrogens is 2. The van der Waals surface area contributed by atoms with Gasteiger partial charge in [-0.2, -0.15) is 5.10 Å². The summed E-state index contributed by atoms with van der Waals surface area (Å²) in [5.41, 5.74) is 2.48. The zero-order chi connectivity index (χ0) is 19.4. The van der Waals surface area contributed by atoms with Gasteiger partial charge in [-0.1, -0.05) is 41.9 Å². The fourth-order valence-corrected chi connectivity index (χ4v) is 3.07. The van der Waals surface area contributed by atoms with Crippen LogP contribution in [-0.4, -0.2) is 41.6 Å². The molecule has 1 aromatic heterocycles. The second-order valence-corrected chi connectivity index (χ2v) is 6.80. The summed E-state index contributed by atoms with van der Waals surface area (Å²) in [6, 6.07) is 15.2. The fraction of sp³-hybridized carbons (Fsp3) is 0.200. The SMILES string of the molecule is CN(C)C(CNC(=O)c1cc(-c2ccccc2Cl)n[nH]1)c1cccc(F)c1. The maximum absolute atomic E-state index is 13.5. The molecule has 3 rings (SSSR count). The molecule has 0 saturated carbocycles. The highest BCUT2D eigenvalue weighted by Gasteiger charge is 2.18. The molecule has 0 fully saturated rings. The van der Waals surface area contributed by atoms with E-state index in [1.165, 1.54) is 12.1 Å². The molecule has 3 aromatic rings. The molecule has 0 spiro atoms. The minimum absolute atomic E-state index is 0.157. The highest BCUT2D eigenvalue weighted by atomic mass is 35.5. The van der Waals surface area contributed by atoms with Gasteiger partial charge in [-0.05, 0) is 43.9 Å². The van der Waals surface area contributed by atoms with E-state index in [0.717, 1.165) is 11.1 Å². The summed E-state index contributed by atoms with van der Waals surface area (Å²) in [5.74, 6) is -0.590. The van der Waals surface area contributed by atoms with Crippen molar-refractivity contribution >= 4 is 17.5 Å². The zero-order valence-corrected chi connectivity index (χ0v) is 15.8. The second kappa shape index (κ2) is 8.33. The molecule has 0 aliphatic heterocycles. The number of carbonyl (C=O) groups excluding carboxylic acids is 1. The van der Waals surface area contributed by atoms with Crippen molar-refractivity contribution in [1.82, 2.24) is 20.4 Å². The van der Waals surface area contributed by atoms with Crippen molar-refractivity contribution in [3.8, 4) is 11.3 Å². The summed E-state index contributed by atoms with van der Waals surface area (Å²) < 4.78 is 13.5. The van der Waals surface area contributed by atoms with Gasteiger partial charge in [0, 0.05) is 12.1 Å². The van der Waals surface area contributed by atoms with Crippen molar-refractivity contribution in [3.63, 3.8) is 0 Å². The number of nitrogens with zero attached hydrogens (tertiary/aromatic N) is 2. The largest absolute Gasteiger partial charge is 0.349 e. The Balaban J connectivity index is 1.71. The first-order chi connectivity index (χ1) is 13.0. The Labute approximate surface area is 162 Å². The number of hydrogen-bond acceptors (Lipinski definition) is 3. The summed E-state index contributed by atoms with van der Waals surface area (Å²) in [7, 11) is 3.76. The third kappa shape index (κ3) is 4.53. The van der Waals surface area contributed by atoms with Crippen LogP contribution in [0.15, 0.2) is 54.6 Å². The van der Waals surface area contributed by atoms with E-state index in [9.17, 15) is 9.18 Å². The number of likely N-dealkylation sites (N-methyl/N-ethyl adjacent to an activating group) is 1. The molecule has 2 N–H and O–H groups in total. The summed E-state index contributed by atoms with van der Waals surface area (Å²) in [4.78, 5) is 14.4. The van der Waals surface area contributed by atoms with Crippen LogP contribution >= 0.6 is 11.6 Å². The van der Waals surface area contributed by atoms with Crippen LogP contribution < -0.4 is 5.32 Å². The smallest absolute Gasteiger partial charge is 0.269 e. The van der Waals surface area contributed by atoms with Gasteiger partial charge in [0.1, 0.15) is 11.5 Å².